The summed E-state index contributed by atoms with van der Waals surface area (Å²) in [6.07, 6.45) is 17.3. The van der Waals surface area contributed by atoms with Gasteiger partial charge in [0.2, 0.25) is 0 Å². The van der Waals surface area contributed by atoms with E-state index in [1.807, 2.05) is 0 Å². The lowest BCUT2D eigenvalue weighted by Gasteiger charge is -2.58. The molecule has 0 unspecified atom stereocenters. The topological polar surface area (TPSA) is 135 Å². The minimum atomic E-state index is -1.64. The van der Waals surface area contributed by atoms with Gasteiger partial charge < -0.3 is 25.1 Å². The smallest absolute Gasteiger partial charge is 0.431 e. The second kappa shape index (κ2) is 13.9. The molecule has 1 aliphatic heterocycles. The number of halogens is 1. The maximum Gasteiger partial charge on any atom is 0.508 e. The third-order valence-electron chi connectivity index (χ3n) is 15.0. The van der Waals surface area contributed by atoms with E-state index in [0.29, 0.717) is 17.8 Å². The van der Waals surface area contributed by atoms with Crippen molar-refractivity contribution in [1.82, 2.24) is 19.5 Å². The molecule has 7 rings (SSSR count). The number of nitrogens with two attached hydrogens (primary N) is 1. The highest BCUT2D eigenvalue weighted by molar-refractivity contribution is 5.81. The van der Waals surface area contributed by atoms with E-state index >= 15 is 0 Å². The van der Waals surface area contributed by atoms with Crippen LogP contribution in [0.5, 0.6) is 0 Å². The van der Waals surface area contributed by atoms with Crippen LogP contribution < -0.4 is 5.73 Å². The van der Waals surface area contributed by atoms with E-state index < -0.39 is 36.8 Å². The van der Waals surface area contributed by atoms with Gasteiger partial charge in [-0.15, -0.1) is 6.42 Å². The van der Waals surface area contributed by atoms with Gasteiger partial charge in [-0.05, 0) is 97.2 Å². The number of hydrogen-bond donors (Lipinski definition) is 2. The van der Waals surface area contributed by atoms with Gasteiger partial charge in [-0.1, -0.05) is 72.0 Å². The molecule has 4 fully saturated rings. The van der Waals surface area contributed by atoms with Gasteiger partial charge in [-0.3, -0.25) is 4.57 Å². The molecule has 52 heavy (non-hydrogen) atoms. The molecule has 0 amide bonds. The van der Waals surface area contributed by atoms with E-state index in [2.05, 4.69) is 68.5 Å². The van der Waals surface area contributed by atoms with Crippen LogP contribution in [0.2, 0.25) is 0 Å². The van der Waals surface area contributed by atoms with Crippen molar-refractivity contribution >= 4 is 23.1 Å². The number of aliphatic hydroxyl groups is 1. The lowest BCUT2D eigenvalue weighted by Crippen LogP contribution is -2.51. The zero-order chi connectivity index (χ0) is 37.2. The van der Waals surface area contributed by atoms with Gasteiger partial charge in [-0.2, -0.15) is 14.4 Å². The average molecular weight is 720 g/mol. The summed E-state index contributed by atoms with van der Waals surface area (Å²) in [5, 5.41) is 10.3. The van der Waals surface area contributed by atoms with Crippen molar-refractivity contribution in [2.24, 2.45) is 52.3 Å². The maximum atomic E-state index is 14.0. The zero-order valence-corrected chi connectivity index (χ0v) is 31.8. The molecule has 1 saturated heterocycles. The molecule has 4 aliphatic carbocycles. The lowest BCUT2D eigenvalue weighted by atomic mass is 9.47. The van der Waals surface area contributed by atoms with Gasteiger partial charge in [0.05, 0.1) is 12.9 Å². The third kappa shape index (κ3) is 6.19. The number of anilines is 1. The van der Waals surface area contributed by atoms with Crippen LogP contribution in [0.3, 0.4) is 0 Å². The number of nitrogens with zero attached hydrogens (tertiary/aromatic N) is 4. The fourth-order valence-corrected chi connectivity index (χ4v) is 11.5. The molecule has 3 saturated carbocycles. The van der Waals surface area contributed by atoms with Crippen molar-refractivity contribution < 1.29 is 28.5 Å². The Morgan fingerprint density at radius 2 is 1.92 bits per heavy atom. The number of fused-ring (bicyclic) bond motifs is 6. The van der Waals surface area contributed by atoms with E-state index in [1.54, 1.807) is 0 Å². The summed E-state index contributed by atoms with van der Waals surface area (Å²) in [7, 11) is 0. The lowest BCUT2D eigenvalue weighted by molar-refractivity contribution is -0.103. The molecule has 5 aliphatic rings. The quantitative estimate of drug-likeness (QED) is 0.114. The first-order chi connectivity index (χ1) is 24.7. The molecule has 0 radical (unpaired) electrons. The average Bonchev–Trinajstić information content (AvgIpc) is 3.80. The van der Waals surface area contributed by atoms with Gasteiger partial charge in [0.1, 0.15) is 12.3 Å². The predicted molar refractivity (Wildman–Crippen MR) is 196 cm³/mol. The number of aromatic nitrogens is 4. The Bertz CT molecular complexity index is 1740. The number of terminal acetylenes is 1. The van der Waals surface area contributed by atoms with E-state index in [0.717, 1.165) is 54.8 Å². The second-order valence-electron chi connectivity index (χ2n) is 17.8. The molecule has 10 nitrogen and oxygen atoms in total. The normalized spacial score (nSPS) is 38.2. The van der Waals surface area contributed by atoms with Crippen LogP contribution in [0, 0.1) is 70.7 Å². The monoisotopic (exact) mass is 719 g/mol. The summed E-state index contributed by atoms with van der Waals surface area (Å²) in [5.74, 6) is 7.66. The summed E-state index contributed by atoms with van der Waals surface area (Å²) in [5.41, 5.74) is 6.47. The van der Waals surface area contributed by atoms with Crippen LogP contribution in [0.4, 0.5) is 15.0 Å². The Kier molecular flexibility index (Phi) is 9.90. The minimum absolute atomic E-state index is 0.0601. The second-order valence-corrected chi connectivity index (χ2v) is 17.8. The summed E-state index contributed by atoms with van der Waals surface area (Å²) < 4.78 is 33.3. The van der Waals surface area contributed by atoms with Gasteiger partial charge in [0.15, 0.2) is 28.7 Å². The highest BCUT2D eigenvalue weighted by Gasteiger charge is 2.59. The van der Waals surface area contributed by atoms with Crippen molar-refractivity contribution in [2.75, 3.05) is 12.3 Å². The molecule has 284 valence electrons. The molecular weight excluding hydrogens is 661 g/mol. The Balaban J connectivity index is 0.990. The van der Waals surface area contributed by atoms with Gasteiger partial charge >= 0.3 is 12.2 Å². The number of aliphatic hydroxyl groups excluding tert-OH is 1. The fraction of sp³-hybridized carbons (Fsp3) is 0.756. The van der Waals surface area contributed by atoms with Crippen LogP contribution >= 0.6 is 0 Å². The van der Waals surface area contributed by atoms with Crippen molar-refractivity contribution in [3.8, 4) is 12.3 Å². The Morgan fingerprint density at radius 3 is 2.65 bits per heavy atom. The molecular formula is C41H58FN5O5. The number of nitrogen functional groups attached to an aromatic ring is 1. The van der Waals surface area contributed by atoms with Crippen molar-refractivity contribution in [1.29, 1.82) is 0 Å². The van der Waals surface area contributed by atoms with Crippen molar-refractivity contribution in [3.63, 3.8) is 0 Å². The number of ether oxygens (including phenoxy) is 3. The zero-order valence-electron chi connectivity index (χ0n) is 31.8. The first-order valence-corrected chi connectivity index (χ1v) is 19.7. The molecule has 0 aromatic carbocycles. The molecule has 12 atom stereocenters. The molecule has 2 aromatic heterocycles. The molecule has 3 N–H and O–H groups in total. The van der Waals surface area contributed by atoms with Gasteiger partial charge in [-0.25, -0.2) is 9.78 Å². The van der Waals surface area contributed by atoms with Crippen LogP contribution in [-0.4, -0.2) is 55.2 Å². The largest absolute Gasteiger partial charge is 0.508 e. The first kappa shape index (κ1) is 37.1. The highest BCUT2D eigenvalue weighted by atomic mass is 19.1. The number of allylic oxidation sites excluding steroid dienone is 1. The number of imidazole rings is 1. The summed E-state index contributed by atoms with van der Waals surface area (Å²) in [6, 6.07) is 0. The fourth-order valence-electron chi connectivity index (χ4n) is 11.5. The summed E-state index contributed by atoms with van der Waals surface area (Å²) >= 11 is 0. The Labute approximate surface area is 307 Å². The minimum Gasteiger partial charge on any atom is -0.431 e. The number of rotatable bonds is 9. The number of carbonyl (C=O) groups excluding carboxylic acids is 1. The maximum absolute atomic E-state index is 14.0. The highest BCUT2D eigenvalue weighted by Crippen LogP contribution is 2.67. The standard InChI is InChI=1S/C41H58FN5O5/c1-8-41(21-48)32(20-33(52-41)47-22-44-34-35(43)45-37(42)46-36(34)47)51-38(49)50-27-15-17-39(6)26(19-27)11-12-28-30-14-13-29(40(30,7)18-16-31(28)39)25(5)10-9-24(4)23(2)3/h1,11,22-25,27-33,48H,9-10,12-21H2,2-7H3,(H2,43,45,46)/t24-,25-,27+,28+,29-,30+,31+,32+,33-,39+,40-,41-/m1/s1. The van der Waals surface area contributed by atoms with Crippen LogP contribution in [0.15, 0.2) is 18.0 Å². The van der Waals surface area contributed by atoms with Crippen LogP contribution in [-0.2, 0) is 14.2 Å². The predicted octanol–water partition coefficient (Wildman–Crippen LogP) is 8.01. The van der Waals surface area contributed by atoms with Crippen LogP contribution in [0.25, 0.3) is 11.2 Å². The summed E-state index contributed by atoms with van der Waals surface area (Å²) in [6.45, 7) is 14.2. The molecule has 3 heterocycles. The van der Waals surface area contributed by atoms with E-state index in [1.165, 1.54) is 55.0 Å². The van der Waals surface area contributed by atoms with Crippen molar-refractivity contribution in [3.05, 3.63) is 24.1 Å². The molecule has 11 heteroatoms. The first-order valence-electron chi connectivity index (χ1n) is 19.7. The van der Waals surface area contributed by atoms with Crippen molar-refractivity contribution in [2.45, 2.75) is 136 Å². The summed E-state index contributed by atoms with van der Waals surface area (Å²) in [4.78, 5) is 24.9. The SMILES string of the molecule is C#C[C@]1(CO)O[C@@H](n2cnc3c(N)nc(F)nc32)C[C@@H]1OC(=O)O[C@H]1CC[C@@]2(C)C(=CC[C@H]3[C@@H]4CC[C@H]([C@H](C)CC[C@@H](C)C(C)C)[C@@]4(C)CC[C@@H]32)C1. The van der Waals surface area contributed by atoms with Crippen LogP contribution in [0.1, 0.15) is 118 Å². The van der Waals surface area contributed by atoms with Gasteiger partial charge in [0, 0.05) is 12.8 Å². The Hall–Kier alpha value is -3.23. The molecule has 2 aromatic rings. The third-order valence-corrected chi connectivity index (χ3v) is 15.0. The van der Waals surface area contributed by atoms with Gasteiger partial charge in [0.25, 0.3) is 0 Å². The van der Waals surface area contributed by atoms with E-state index in [-0.39, 0.29) is 34.9 Å². The Morgan fingerprint density at radius 1 is 1.13 bits per heavy atom. The number of carbonyl (C=O) groups is 1. The van der Waals surface area contributed by atoms with E-state index in [4.69, 9.17) is 26.4 Å². The molecule has 0 bridgehead atoms. The van der Waals surface area contributed by atoms with E-state index in [9.17, 15) is 14.3 Å². The molecule has 0 spiro atoms. The number of hydrogen-bond acceptors (Lipinski definition) is 9.